The molecular formula is C12H11ClN2O3. The van der Waals surface area contributed by atoms with Crippen LogP contribution >= 0.6 is 11.6 Å². The van der Waals surface area contributed by atoms with Crippen LogP contribution < -0.4 is 4.74 Å². The van der Waals surface area contributed by atoms with E-state index in [-0.39, 0.29) is 12.3 Å². The van der Waals surface area contributed by atoms with Gasteiger partial charge in [0, 0.05) is 12.1 Å². The van der Waals surface area contributed by atoms with E-state index in [1.807, 2.05) is 0 Å². The molecule has 0 fully saturated rings. The van der Waals surface area contributed by atoms with Crippen molar-refractivity contribution in [1.82, 2.24) is 9.78 Å². The Kier molecular flexibility index (Phi) is 3.53. The molecule has 0 unspecified atom stereocenters. The summed E-state index contributed by atoms with van der Waals surface area (Å²) in [6.45, 7) is 0.196. The van der Waals surface area contributed by atoms with Gasteiger partial charge in [0.25, 0.3) is 0 Å². The Morgan fingerprint density at radius 1 is 1.50 bits per heavy atom. The van der Waals surface area contributed by atoms with Crippen LogP contribution in [-0.4, -0.2) is 20.9 Å². The zero-order chi connectivity index (χ0) is 13.1. The molecule has 1 aromatic heterocycles. The fourth-order valence-electron chi connectivity index (χ4n) is 1.51. The first-order valence-electron chi connectivity index (χ1n) is 5.21. The highest BCUT2D eigenvalue weighted by Gasteiger charge is 2.11. The number of aryl methyl sites for hydroxylation is 1. The fourth-order valence-corrected chi connectivity index (χ4v) is 1.69. The summed E-state index contributed by atoms with van der Waals surface area (Å²) in [5.41, 5.74) is 0.676. The molecule has 0 spiro atoms. The molecule has 0 atom stereocenters. The van der Waals surface area contributed by atoms with Gasteiger partial charge in [0.05, 0.1) is 0 Å². The molecule has 18 heavy (non-hydrogen) atoms. The zero-order valence-corrected chi connectivity index (χ0v) is 10.4. The van der Waals surface area contributed by atoms with Gasteiger partial charge in [-0.15, -0.1) is 0 Å². The number of aromatic nitrogens is 2. The summed E-state index contributed by atoms with van der Waals surface area (Å²) in [4.78, 5) is 10.8. The third kappa shape index (κ3) is 2.81. The van der Waals surface area contributed by atoms with Crippen molar-refractivity contribution in [2.75, 3.05) is 0 Å². The van der Waals surface area contributed by atoms with Gasteiger partial charge in [-0.05, 0) is 24.3 Å². The number of benzene rings is 1. The first-order chi connectivity index (χ1) is 8.56. The minimum atomic E-state index is -1.01. The Morgan fingerprint density at radius 3 is 2.89 bits per heavy atom. The van der Waals surface area contributed by atoms with Crippen LogP contribution in [0.25, 0.3) is 0 Å². The lowest BCUT2D eigenvalue weighted by atomic mass is 10.3. The summed E-state index contributed by atoms with van der Waals surface area (Å²) in [6, 6.07) is 8.46. The van der Waals surface area contributed by atoms with Crippen LogP contribution in [0.1, 0.15) is 16.2 Å². The smallest absolute Gasteiger partial charge is 0.354 e. The molecule has 0 aliphatic rings. The first kappa shape index (κ1) is 12.4. The van der Waals surface area contributed by atoms with Crippen LogP contribution in [-0.2, 0) is 13.7 Å². The Hall–Kier alpha value is -2.01. The maximum absolute atomic E-state index is 10.8. The number of rotatable bonds is 4. The van der Waals surface area contributed by atoms with Crippen LogP contribution in [0.3, 0.4) is 0 Å². The van der Waals surface area contributed by atoms with Gasteiger partial charge in [-0.1, -0.05) is 17.7 Å². The molecule has 1 heterocycles. The standard InChI is InChI=1S/C12H11ClN2O3/c1-15-11(12(16)17)6-9(14-15)7-18-10-4-2-3-8(13)5-10/h2-6H,7H2,1H3,(H,16,17). The molecule has 0 amide bonds. The molecule has 1 aromatic carbocycles. The topological polar surface area (TPSA) is 64.4 Å². The Labute approximate surface area is 109 Å². The molecule has 0 saturated carbocycles. The summed E-state index contributed by atoms with van der Waals surface area (Å²) in [6.07, 6.45) is 0. The van der Waals surface area contributed by atoms with E-state index in [1.54, 1.807) is 31.3 Å². The Balaban J connectivity index is 2.06. The van der Waals surface area contributed by atoms with E-state index in [4.69, 9.17) is 21.4 Å². The lowest BCUT2D eigenvalue weighted by Gasteiger charge is -2.03. The van der Waals surface area contributed by atoms with Crippen LogP contribution in [0.4, 0.5) is 0 Å². The highest BCUT2D eigenvalue weighted by Crippen LogP contribution is 2.18. The van der Waals surface area contributed by atoms with Gasteiger partial charge in [0.15, 0.2) is 0 Å². The van der Waals surface area contributed by atoms with Gasteiger partial charge in [0.1, 0.15) is 23.7 Å². The molecule has 0 aliphatic carbocycles. The maximum atomic E-state index is 10.8. The van der Waals surface area contributed by atoms with Crippen molar-refractivity contribution >= 4 is 17.6 Å². The van der Waals surface area contributed by atoms with Crippen LogP contribution in [0, 0.1) is 0 Å². The number of hydrogen-bond acceptors (Lipinski definition) is 3. The molecular weight excluding hydrogens is 256 g/mol. The molecule has 0 radical (unpaired) electrons. The van der Waals surface area contributed by atoms with E-state index in [0.29, 0.717) is 16.5 Å². The van der Waals surface area contributed by atoms with E-state index in [2.05, 4.69) is 5.10 Å². The molecule has 94 valence electrons. The average Bonchev–Trinajstić information content (AvgIpc) is 2.68. The summed E-state index contributed by atoms with van der Waals surface area (Å²) in [7, 11) is 1.58. The minimum Gasteiger partial charge on any atom is -0.487 e. The second-order valence-corrected chi connectivity index (χ2v) is 4.13. The normalized spacial score (nSPS) is 10.3. The highest BCUT2D eigenvalue weighted by atomic mass is 35.5. The maximum Gasteiger partial charge on any atom is 0.354 e. The first-order valence-corrected chi connectivity index (χ1v) is 5.58. The number of nitrogens with zero attached hydrogens (tertiary/aromatic N) is 2. The number of carboxylic acids is 1. The predicted octanol–water partition coefficient (Wildman–Crippen LogP) is 2.35. The Bertz CT molecular complexity index is 580. The number of carboxylic acid groups (broad SMARTS) is 1. The predicted molar refractivity (Wildman–Crippen MR) is 66.0 cm³/mol. The molecule has 0 aliphatic heterocycles. The van der Waals surface area contributed by atoms with Crippen molar-refractivity contribution in [3.63, 3.8) is 0 Å². The van der Waals surface area contributed by atoms with E-state index in [0.717, 1.165) is 0 Å². The number of halogens is 1. The molecule has 6 heteroatoms. The molecule has 5 nitrogen and oxygen atoms in total. The summed E-state index contributed by atoms with van der Waals surface area (Å²) < 4.78 is 6.77. The second-order valence-electron chi connectivity index (χ2n) is 3.70. The van der Waals surface area contributed by atoms with Crippen LogP contribution in [0.5, 0.6) is 5.75 Å². The van der Waals surface area contributed by atoms with E-state index in [1.165, 1.54) is 10.7 Å². The van der Waals surface area contributed by atoms with Gasteiger partial charge in [-0.25, -0.2) is 4.79 Å². The monoisotopic (exact) mass is 266 g/mol. The third-order valence-electron chi connectivity index (χ3n) is 2.33. The molecule has 2 rings (SSSR count). The molecule has 2 aromatic rings. The van der Waals surface area contributed by atoms with Crippen molar-refractivity contribution in [2.24, 2.45) is 7.05 Å². The summed E-state index contributed by atoms with van der Waals surface area (Å²) in [5.74, 6) is -0.399. The van der Waals surface area contributed by atoms with Crippen molar-refractivity contribution < 1.29 is 14.6 Å². The van der Waals surface area contributed by atoms with Gasteiger partial charge < -0.3 is 9.84 Å². The quantitative estimate of drug-likeness (QED) is 0.923. The minimum absolute atomic E-state index is 0.125. The number of hydrogen-bond donors (Lipinski definition) is 1. The lowest BCUT2D eigenvalue weighted by molar-refractivity contribution is 0.0685. The SMILES string of the molecule is Cn1nc(COc2cccc(Cl)c2)cc1C(=O)O. The van der Waals surface area contributed by atoms with Gasteiger partial charge in [0.2, 0.25) is 0 Å². The Morgan fingerprint density at radius 2 is 2.28 bits per heavy atom. The van der Waals surface area contributed by atoms with E-state index >= 15 is 0 Å². The number of aromatic carboxylic acids is 1. The van der Waals surface area contributed by atoms with Crippen LogP contribution in [0.2, 0.25) is 5.02 Å². The molecule has 0 saturated heterocycles. The largest absolute Gasteiger partial charge is 0.487 e. The van der Waals surface area contributed by atoms with Crippen molar-refractivity contribution in [2.45, 2.75) is 6.61 Å². The van der Waals surface area contributed by atoms with Gasteiger partial charge in [-0.2, -0.15) is 5.10 Å². The highest BCUT2D eigenvalue weighted by molar-refractivity contribution is 6.30. The number of ether oxygens (including phenoxy) is 1. The van der Waals surface area contributed by atoms with Crippen molar-refractivity contribution in [1.29, 1.82) is 0 Å². The molecule has 0 bridgehead atoms. The van der Waals surface area contributed by atoms with Gasteiger partial charge in [-0.3, -0.25) is 4.68 Å². The third-order valence-corrected chi connectivity index (χ3v) is 2.57. The van der Waals surface area contributed by atoms with Crippen LogP contribution in [0.15, 0.2) is 30.3 Å². The van der Waals surface area contributed by atoms with Crippen molar-refractivity contribution in [3.8, 4) is 5.75 Å². The van der Waals surface area contributed by atoms with E-state index in [9.17, 15) is 4.79 Å². The lowest BCUT2D eigenvalue weighted by Crippen LogP contribution is -2.04. The number of carbonyl (C=O) groups is 1. The summed E-state index contributed by atoms with van der Waals surface area (Å²) in [5, 5.41) is 13.5. The van der Waals surface area contributed by atoms with E-state index < -0.39 is 5.97 Å². The fraction of sp³-hybridized carbons (Fsp3) is 0.167. The summed E-state index contributed by atoms with van der Waals surface area (Å²) >= 11 is 5.82. The second kappa shape index (κ2) is 5.10. The zero-order valence-electron chi connectivity index (χ0n) is 9.63. The van der Waals surface area contributed by atoms with Crippen molar-refractivity contribution in [3.05, 3.63) is 46.7 Å². The molecule has 1 N–H and O–H groups in total. The van der Waals surface area contributed by atoms with Gasteiger partial charge >= 0.3 is 5.97 Å². The average molecular weight is 267 g/mol.